The number of halogens is 3. The third-order valence-corrected chi connectivity index (χ3v) is 5.48. The van der Waals surface area contributed by atoms with E-state index in [1.807, 2.05) is 0 Å². The van der Waals surface area contributed by atoms with Gasteiger partial charge in [0.2, 0.25) is 5.82 Å². The van der Waals surface area contributed by atoms with Crippen molar-refractivity contribution < 1.29 is 27.5 Å². The molecule has 1 aliphatic rings. The van der Waals surface area contributed by atoms with Crippen molar-refractivity contribution in [3.8, 4) is 5.75 Å². The first-order chi connectivity index (χ1) is 14.2. The van der Waals surface area contributed by atoms with E-state index >= 15 is 0 Å². The van der Waals surface area contributed by atoms with Crippen LogP contribution in [0.1, 0.15) is 23.1 Å². The molecule has 154 valence electrons. The minimum Gasteiger partial charge on any atom is -0.482 e. The second-order valence-electron chi connectivity index (χ2n) is 6.54. The van der Waals surface area contributed by atoms with Gasteiger partial charge in [0.15, 0.2) is 12.4 Å². The molecule has 10 heteroatoms. The Balaban J connectivity index is 1.64. The predicted octanol–water partition coefficient (Wildman–Crippen LogP) is 4.34. The summed E-state index contributed by atoms with van der Waals surface area (Å²) < 4.78 is 44.9. The molecular formula is C20H14F3N3O3S. The van der Waals surface area contributed by atoms with Gasteiger partial charge in [0.1, 0.15) is 10.8 Å². The SMILES string of the molecule is C[C@H](Sc1nc(C(F)(F)F)nc2ccccc12)C(=O)c1ccc2c(c1)NC(=O)CO2. The maximum absolute atomic E-state index is 13.2. The van der Waals surface area contributed by atoms with E-state index in [0.717, 1.165) is 11.8 Å². The van der Waals surface area contributed by atoms with Gasteiger partial charge in [0.05, 0.1) is 16.5 Å². The molecule has 0 saturated heterocycles. The number of para-hydroxylation sites is 1. The number of benzene rings is 2. The number of carbonyl (C=O) groups is 2. The Morgan fingerprint density at radius 1 is 1.20 bits per heavy atom. The molecule has 0 aliphatic carbocycles. The quantitative estimate of drug-likeness (QED) is 0.375. The predicted molar refractivity (Wildman–Crippen MR) is 105 cm³/mol. The number of nitrogens with zero attached hydrogens (tertiary/aromatic N) is 2. The second kappa shape index (κ2) is 7.60. The summed E-state index contributed by atoms with van der Waals surface area (Å²) in [5, 5.41) is 2.39. The number of carbonyl (C=O) groups excluding carboxylic acids is 2. The Kier molecular flexibility index (Phi) is 5.10. The first-order valence-electron chi connectivity index (χ1n) is 8.84. The average Bonchev–Trinajstić information content (AvgIpc) is 2.71. The molecule has 4 rings (SSSR count). The highest BCUT2D eigenvalue weighted by atomic mass is 32.2. The van der Waals surface area contributed by atoms with Crippen LogP contribution in [0, 0.1) is 0 Å². The molecule has 6 nitrogen and oxygen atoms in total. The van der Waals surface area contributed by atoms with E-state index in [9.17, 15) is 22.8 Å². The lowest BCUT2D eigenvalue weighted by atomic mass is 10.1. The molecule has 0 spiro atoms. The molecule has 1 N–H and O–H groups in total. The van der Waals surface area contributed by atoms with Gasteiger partial charge in [-0.2, -0.15) is 13.2 Å². The molecule has 1 aliphatic heterocycles. The van der Waals surface area contributed by atoms with E-state index in [1.54, 1.807) is 37.3 Å². The van der Waals surface area contributed by atoms with Crippen molar-refractivity contribution in [1.82, 2.24) is 9.97 Å². The summed E-state index contributed by atoms with van der Waals surface area (Å²) in [6, 6.07) is 10.9. The van der Waals surface area contributed by atoms with E-state index in [4.69, 9.17) is 4.74 Å². The molecular weight excluding hydrogens is 419 g/mol. The summed E-state index contributed by atoms with van der Waals surface area (Å²) in [5.41, 5.74) is 0.825. The van der Waals surface area contributed by atoms with Crippen LogP contribution < -0.4 is 10.1 Å². The normalized spacial score (nSPS) is 14.6. The number of Topliss-reactive ketones (excluding diaryl/α,β-unsaturated/α-hetero) is 1. The van der Waals surface area contributed by atoms with Crippen LogP contribution in [0.15, 0.2) is 47.5 Å². The van der Waals surface area contributed by atoms with Gasteiger partial charge >= 0.3 is 6.18 Å². The van der Waals surface area contributed by atoms with E-state index in [0.29, 0.717) is 22.4 Å². The fourth-order valence-corrected chi connectivity index (χ4v) is 3.97. The van der Waals surface area contributed by atoms with E-state index in [-0.39, 0.29) is 28.8 Å². The molecule has 0 unspecified atom stereocenters. The van der Waals surface area contributed by atoms with Crippen LogP contribution in [0.5, 0.6) is 5.75 Å². The molecule has 2 aromatic carbocycles. The van der Waals surface area contributed by atoms with Crippen LogP contribution in [0.4, 0.5) is 18.9 Å². The van der Waals surface area contributed by atoms with Crippen molar-refractivity contribution >= 4 is 40.0 Å². The highest BCUT2D eigenvalue weighted by molar-refractivity contribution is 8.00. The number of thioether (sulfide) groups is 1. The molecule has 0 radical (unpaired) electrons. The third-order valence-electron chi connectivity index (χ3n) is 4.38. The lowest BCUT2D eigenvalue weighted by Gasteiger charge is -2.19. The monoisotopic (exact) mass is 433 g/mol. The topological polar surface area (TPSA) is 81.2 Å². The van der Waals surface area contributed by atoms with Crippen LogP contribution in [0.25, 0.3) is 10.9 Å². The van der Waals surface area contributed by atoms with Crippen molar-refractivity contribution in [3.05, 3.63) is 53.9 Å². The summed E-state index contributed by atoms with van der Waals surface area (Å²) in [4.78, 5) is 31.6. The van der Waals surface area contributed by atoms with Gasteiger partial charge in [0.25, 0.3) is 5.91 Å². The van der Waals surface area contributed by atoms with Crippen molar-refractivity contribution in [2.45, 2.75) is 23.4 Å². The maximum Gasteiger partial charge on any atom is 0.451 e. The van der Waals surface area contributed by atoms with Crippen molar-refractivity contribution in [2.75, 3.05) is 11.9 Å². The fourth-order valence-electron chi connectivity index (χ4n) is 2.96. The number of nitrogens with one attached hydrogen (secondary N) is 1. The number of rotatable bonds is 4. The Morgan fingerprint density at radius 2 is 1.97 bits per heavy atom. The van der Waals surface area contributed by atoms with Crippen LogP contribution in [-0.4, -0.2) is 33.5 Å². The van der Waals surface area contributed by atoms with E-state index in [1.165, 1.54) is 12.1 Å². The Hall–Kier alpha value is -3.14. The van der Waals surface area contributed by atoms with Gasteiger partial charge < -0.3 is 10.1 Å². The number of ketones is 1. The van der Waals surface area contributed by atoms with Gasteiger partial charge in [0, 0.05) is 10.9 Å². The highest BCUT2D eigenvalue weighted by Gasteiger charge is 2.36. The number of fused-ring (bicyclic) bond motifs is 2. The third kappa shape index (κ3) is 3.95. The van der Waals surface area contributed by atoms with E-state index < -0.39 is 17.3 Å². The summed E-state index contributed by atoms with van der Waals surface area (Å²) in [5.74, 6) is -1.46. The molecule has 30 heavy (non-hydrogen) atoms. The number of ether oxygens (including phenoxy) is 1. The number of anilines is 1. The zero-order valence-electron chi connectivity index (χ0n) is 15.5. The Morgan fingerprint density at radius 3 is 2.73 bits per heavy atom. The van der Waals surface area contributed by atoms with Crippen molar-refractivity contribution in [2.24, 2.45) is 0 Å². The van der Waals surface area contributed by atoms with Crippen LogP contribution in [0.2, 0.25) is 0 Å². The smallest absolute Gasteiger partial charge is 0.451 e. The van der Waals surface area contributed by atoms with Gasteiger partial charge in [-0.25, -0.2) is 9.97 Å². The minimum absolute atomic E-state index is 0.0726. The van der Waals surface area contributed by atoms with Gasteiger partial charge in [-0.3, -0.25) is 9.59 Å². The summed E-state index contributed by atoms with van der Waals surface area (Å²) in [7, 11) is 0. The Bertz CT molecular complexity index is 1170. The first-order valence-corrected chi connectivity index (χ1v) is 9.72. The maximum atomic E-state index is 13.2. The minimum atomic E-state index is -4.71. The number of amides is 1. The first kappa shape index (κ1) is 20.1. The van der Waals surface area contributed by atoms with Crippen molar-refractivity contribution in [1.29, 1.82) is 0 Å². The molecule has 0 saturated carbocycles. The number of aromatic nitrogens is 2. The summed E-state index contributed by atoms with van der Waals surface area (Å²) in [6.45, 7) is 1.49. The molecule has 0 fully saturated rings. The van der Waals surface area contributed by atoms with E-state index in [2.05, 4.69) is 15.3 Å². The second-order valence-corrected chi connectivity index (χ2v) is 7.87. The van der Waals surface area contributed by atoms with Gasteiger partial charge in [-0.1, -0.05) is 30.0 Å². The molecule has 0 bridgehead atoms. The standard InChI is InChI=1S/C20H14F3N3O3S/c1-10(17(28)11-6-7-15-14(8-11)24-16(27)9-29-15)30-18-12-4-2-3-5-13(12)25-19(26-18)20(21,22)23/h2-8,10H,9H2,1H3,(H,24,27)/t10-/m0/s1. The van der Waals surface area contributed by atoms with Crippen molar-refractivity contribution in [3.63, 3.8) is 0 Å². The fraction of sp³-hybridized carbons (Fsp3) is 0.200. The lowest BCUT2D eigenvalue weighted by molar-refractivity contribution is -0.145. The van der Waals surface area contributed by atoms with Gasteiger partial charge in [-0.05, 0) is 31.2 Å². The zero-order chi connectivity index (χ0) is 21.5. The average molecular weight is 433 g/mol. The molecule has 1 amide bonds. The highest BCUT2D eigenvalue weighted by Crippen LogP contribution is 2.35. The lowest BCUT2D eigenvalue weighted by Crippen LogP contribution is -2.25. The molecule has 3 aromatic rings. The number of hydrogen-bond donors (Lipinski definition) is 1. The van der Waals surface area contributed by atoms with Gasteiger partial charge in [-0.15, -0.1) is 0 Å². The summed E-state index contributed by atoms with van der Waals surface area (Å²) >= 11 is 0.925. The zero-order valence-corrected chi connectivity index (χ0v) is 16.3. The Labute approximate surface area is 172 Å². The molecule has 1 aromatic heterocycles. The number of alkyl halides is 3. The largest absolute Gasteiger partial charge is 0.482 e. The summed E-state index contributed by atoms with van der Waals surface area (Å²) in [6.07, 6.45) is -4.71. The van der Waals surface area contributed by atoms with Crippen LogP contribution in [-0.2, 0) is 11.0 Å². The van der Waals surface area contributed by atoms with Crippen LogP contribution >= 0.6 is 11.8 Å². The molecule has 2 heterocycles. The number of hydrogen-bond acceptors (Lipinski definition) is 6. The molecule has 1 atom stereocenters. The van der Waals surface area contributed by atoms with Crippen LogP contribution in [0.3, 0.4) is 0 Å².